The summed E-state index contributed by atoms with van der Waals surface area (Å²) >= 11 is 0. The van der Waals surface area contributed by atoms with Crippen LogP contribution >= 0.6 is 0 Å². The highest BCUT2D eigenvalue weighted by Gasteiger charge is 2.32. The van der Waals surface area contributed by atoms with Crippen LogP contribution in [-0.2, 0) is 4.74 Å². The molecule has 1 heterocycles. The van der Waals surface area contributed by atoms with Crippen LogP contribution in [0.5, 0.6) is 0 Å². The van der Waals surface area contributed by atoms with E-state index in [1.807, 2.05) is 0 Å². The third-order valence-corrected chi connectivity index (χ3v) is 5.06. The molecular weight excluding hydrogens is 226 g/mol. The monoisotopic (exact) mass is 255 g/mol. The van der Waals surface area contributed by atoms with Crippen LogP contribution in [-0.4, -0.2) is 36.5 Å². The fourth-order valence-corrected chi connectivity index (χ4v) is 3.49. The average Bonchev–Trinajstić information content (AvgIpc) is 2.84. The van der Waals surface area contributed by atoms with Crippen molar-refractivity contribution in [1.29, 1.82) is 0 Å². The lowest BCUT2D eigenvalue weighted by Gasteiger charge is -2.38. The number of hydrogen-bond donors (Lipinski definition) is 2. The van der Waals surface area contributed by atoms with Gasteiger partial charge in [0.1, 0.15) is 0 Å². The van der Waals surface area contributed by atoms with E-state index < -0.39 is 0 Å². The minimum atomic E-state index is 0.0714. The van der Waals surface area contributed by atoms with Crippen LogP contribution in [0.4, 0.5) is 0 Å². The van der Waals surface area contributed by atoms with Gasteiger partial charge in [0.2, 0.25) is 0 Å². The summed E-state index contributed by atoms with van der Waals surface area (Å²) in [6.45, 7) is 6.77. The van der Waals surface area contributed by atoms with Gasteiger partial charge in [-0.1, -0.05) is 13.3 Å². The molecule has 18 heavy (non-hydrogen) atoms. The predicted molar refractivity (Wildman–Crippen MR) is 73.6 cm³/mol. The molecule has 4 unspecified atom stereocenters. The van der Waals surface area contributed by atoms with Crippen LogP contribution in [0, 0.1) is 11.8 Å². The number of aliphatic hydroxyl groups excluding tert-OH is 1. The Hall–Kier alpha value is -0.120. The van der Waals surface area contributed by atoms with Crippen LogP contribution in [0.3, 0.4) is 0 Å². The van der Waals surface area contributed by atoms with E-state index >= 15 is 0 Å². The lowest BCUT2D eigenvalue weighted by molar-refractivity contribution is -0.0783. The van der Waals surface area contributed by atoms with E-state index in [4.69, 9.17) is 4.74 Å². The zero-order valence-corrected chi connectivity index (χ0v) is 12.0. The van der Waals surface area contributed by atoms with Gasteiger partial charge in [-0.25, -0.2) is 0 Å². The molecule has 1 aliphatic carbocycles. The fraction of sp³-hybridized carbons (Fsp3) is 1.00. The van der Waals surface area contributed by atoms with Crippen LogP contribution in [0.1, 0.15) is 52.4 Å². The highest BCUT2D eigenvalue weighted by Crippen LogP contribution is 2.32. The molecule has 1 saturated carbocycles. The highest BCUT2D eigenvalue weighted by molar-refractivity contribution is 4.87. The third kappa shape index (κ3) is 3.46. The van der Waals surface area contributed by atoms with Crippen molar-refractivity contribution in [2.24, 2.45) is 11.8 Å². The van der Waals surface area contributed by atoms with Crippen molar-refractivity contribution >= 4 is 0 Å². The van der Waals surface area contributed by atoms with E-state index in [1.54, 1.807) is 0 Å². The maximum atomic E-state index is 9.35. The molecule has 2 N–H and O–H groups in total. The van der Waals surface area contributed by atoms with Crippen LogP contribution in [0.2, 0.25) is 0 Å². The summed E-state index contributed by atoms with van der Waals surface area (Å²) in [5, 5.41) is 13.1. The number of aliphatic hydroxyl groups is 1. The van der Waals surface area contributed by atoms with Gasteiger partial charge in [-0.15, -0.1) is 0 Å². The first kappa shape index (κ1) is 14.3. The van der Waals surface area contributed by atoms with Gasteiger partial charge in [-0.05, 0) is 57.4 Å². The average molecular weight is 255 g/mol. The van der Waals surface area contributed by atoms with E-state index in [2.05, 4.69) is 19.2 Å². The zero-order valence-electron chi connectivity index (χ0n) is 12.0. The molecule has 0 spiro atoms. The summed E-state index contributed by atoms with van der Waals surface area (Å²) < 4.78 is 5.88. The second kappa shape index (κ2) is 6.36. The van der Waals surface area contributed by atoms with Crippen molar-refractivity contribution in [2.45, 2.75) is 64.0 Å². The van der Waals surface area contributed by atoms with Crippen LogP contribution < -0.4 is 5.32 Å². The van der Waals surface area contributed by atoms with E-state index in [1.165, 1.54) is 19.3 Å². The number of rotatable bonds is 5. The second-order valence-corrected chi connectivity index (χ2v) is 6.38. The van der Waals surface area contributed by atoms with E-state index in [9.17, 15) is 5.11 Å². The summed E-state index contributed by atoms with van der Waals surface area (Å²) in [7, 11) is 0. The number of nitrogens with one attached hydrogen (secondary N) is 1. The second-order valence-electron chi connectivity index (χ2n) is 6.38. The van der Waals surface area contributed by atoms with Gasteiger partial charge in [-0.3, -0.25) is 0 Å². The Morgan fingerprint density at radius 3 is 2.78 bits per heavy atom. The van der Waals surface area contributed by atoms with Gasteiger partial charge in [0.25, 0.3) is 0 Å². The molecule has 3 nitrogen and oxygen atoms in total. The SMILES string of the molecule is CCC1(C)CC(NCC2CCCC2CO)CCO1. The fourth-order valence-electron chi connectivity index (χ4n) is 3.49. The summed E-state index contributed by atoms with van der Waals surface area (Å²) in [6.07, 6.45) is 7.13. The molecule has 0 aromatic rings. The Labute approximate surface area is 111 Å². The quantitative estimate of drug-likeness (QED) is 0.792. The van der Waals surface area contributed by atoms with Gasteiger partial charge >= 0.3 is 0 Å². The lowest BCUT2D eigenvalue weighted by atomic mass is 9.89. The van der Waals surface area contributed by atoms with Gasteiger partial charge < -0.3 is 15.2 Å². The minimum absolute atomic E-state index is 0.0714. The molecule has 0 aromatic carbocycles. The Bertz CT molecular complexity index is 259. The molecule has 3 heteroatoms. The molecule has 1 saturated heterocycles. The van der Waals surface area contributed by atoms with E-state index in [0.717, 1.165) is 32.4 Å². The van der Waals surface area contributed by atoms with E-state index in [-0.39, 0.29) is 5.60 Å². The molecule has 0 aromatic heterocycles. The van der Waals surface area contributed by atoms with Crippen molar-refractivity contribution in [2.75, 3.05) is 19.8 Å². The molecule has 0 bridgehead atoms. The Balaban J connectivity index is 1.76. The minimum Gasteiger partial charge on any atom is -0.396 e. The predicted octanol–water partition coefficient (Wildman–Crippen LogP) is 2.33. The third-order valence-electron chi connectivity index (χ3n) is 5.06. The molecule has 4 atom stereocenters. The molecular formula is C15H29NO2. The molecule has 2 fully saturated rings. The number of hydrogen-bond acceptors (Lipinski definition) is 3. The Kier molecular flexibility index (Phi) is 5.05. The van der Waals surface area contributed by atoms with Crippen molar-refractivity contribution in [3.63, 3.8) is 0 Å². The molecule has 2 rings (SSSR count). The largest absolute Gasteiger partial charge is 0.396 e. The maximum absolute atomic E-state index is 9.35. The van der Waals surface area contributed by atoms with Crippen molar-refractivity contribution in [1.82, 2.24) is 5.32 Å². The van der Waals surface area contributed by atoms with Crippen molar-refractivity contribution in [3.05, 3.63) is 0 Å². The summed E-state index contributed by atoms with van der Waals surface area (Å²) in [6, 6.07) is 0.601. The molecule has 0 radical (unpaired) electrons. The first-order chi connectivity index (χ1) is 8.67. The van der Waals surface area contributed by atoms with Gasteiger partial charge in [0.15, 0.2) is 0 Å². The topological polar surface area (TPSA) is 41.5 Å². The Morgan fingerprint density at radius 1 is 1.28 bits per heavy atom. The summed E-state index contributed by atoms with van der Waals surface area (Å²) in [4.78, 5) is 0. The normalized spacial score (nSPS) is 41.2. The number of ether oxygens (including phenoxy) is 1. The molecule has 1 aliphatic heterocycles. The Morgan fingerprint density at radius 2 is 2.06 bits per heavy atom. The van der Waals surface area contributed by atoms with Crippen molar-refractivity contribution in [3.8, 4) is 0 Å². The summed E-state index contributed by atoms with van der Waals surface area (Å²) in [5.74, 6) is 1.22. The van der Waals surface area contributed by atoms with Gasteiger partial charge in [0.05, 0.1) is 5.60 Å². The standard InChI is InChI=1S/C15H29NO2/c1-3-15(2)9-14(7-8-18-15)16-10-12-5-4-6-13(12)11-17/h12-14,16-17H,3-11H2,1-2H3. The van der Waals surface area contributed by atoms with Gasteiger partial charge in [-0.2, -0.15) is 0 Å². The first-order valence-corrected chi connectivity index (χ1v) is 7.65. The van der Waals surface area contributed by atoms with Crippen LogP contribution in [0.25, 0.3) is 0 Å². The smallest absolute Gasteiger partial charge is 0.0666 e. The molecule has 106 valence electrons. The lowest BCUT2D eigenvalue weighted by Crippen LogP contribution is -2.46. The van der Waals surface area contributed by atoms with E-state index in [0.29, 0.717) is 24.5 Å². The first-order valence-electron chi connectivity index (χ1n) is 7.65. The zero-order chi connectivity index (χ0) is 13.0. The van der Waals surface area contributed by atoms with Gasteiger partial charge in [0, 0.05) is 19.3 Å². The summed E-state index contributed by atoms with van der Waals surface area (Å²) in [5.41, 5.74) is 0.0714. The van der Waals surface area contributed by atoms with Crippen LogP contribution in [0.15, 0.2) is 0 Å². The molecule has 0 amide bonds. The van der Waals surface area contributed by atoms with Crippen molar-refractivity contribution < 1.29 is 9.84 Å². The maximum Gasteiger partial charge on any atom is 0.0666 e. The highest BCUT2D eigenvalue weighted by atomic mass is 16.5. The molecule has 2 aliphatic rings.